The topological polar surface area (TPSA) is 46.3 Å². The molecule has 4 heteroatoms. The summed E-state index contributed by atoms with van der Waals surface area (Å²) >= 11 is 0. The van der Waals surface area contributed by atoms with Gasteiger partial charge in [-0.2, -0.15) is 0 Å². The molecule has 0 aliphatic carbocycles. The van der Waals surface area contributed by atoms with Crippen molar-refractivity contribution in [1.82, 2.24) is 0 Å². The number of hydrogen-bond acceptors (Lipinski definition) is 2. The van der Waals surface area contributed by atoms with Crippen LogP contribution in [0.25, 0.3) is 0 Å². The van der Waals surface area contributed by atoms with E-state index in [1.807, 2.05) is 31.2 Å². The minimum Gasteiger partial charge on any atom is -0.318 e. The van der Waals surface area contributed by atoms with Crippen molar-refractivity contribution in [3.63, 3.8) is 0 Å². The zero-order chi connectivity index (χ0) is 14.3. The Morgan fingerprint density at radius 1 is 1.10 bits per heavy atom. The first-order valence-corrected chi connectivity index (χ1v) is 6.49. The molecule has 1 saturated heterocycles. The number of nitrogens with two attached hydrogens (primary N) is 1. The molecule has 2 atom stereocenters. The maximum atomic E-state index is 13.9. The Balaban J connectivity index is 2.00. The first-order valence-electron chi connectivity index (χ1n) is 6.49. The molecule has 3 nitrogen and oxygen atoms in total. The highest BCUT2D eigenvalue weighted by Gasteiger charge is 2.47. The van der Waals surface area contributed by atoms with Gasteiger partial charge >= 0.3 is 0 Å². The lowest BCUT2D eigenvalue weighted by Gasteiger charge is -2.45. The van der Waals surface area contributed by atoms with E-state index in [2.05, 4.69) is 0 Å². The monoisotopic (exact) mass is 270 g/mol. The van der Waals surface area contributed by atoms with E-state index in [-0.39, 0.29) is 11.7 Å². The molecule has 0 bridgehead atoms. The first kappa shape index (κ1) is 12.8. The summed E-state index contributed by atoms with van der Waals surface area (Å²) in [4.78, 5) is 13.6. The Morgan fingerprint density at radius 2 is 1.75 bits per heavy atom. The van der Waals surface area contributed by atoms with Crippen molar-refractivity contribution in [3.8, 4) is 0 Å². The molecule has 20 heavy (non-hydrogen) atoms. The van der Waals surface area contributed by atoms with Crippen LogP contribution in [0.4, 0.5) is 10.1 Å². The molecule has 1 aliphatic heterocycles. The van der Waals surface area contributed by atoms with Crippen LogP contribution in [0.3, 0.4) is 0 Å². The lowest BCUT2D eigenvalue weighted by Crippen LogP contribution is -2.63. The van der Waals surface area contributed by atoms with Crippen molar-refractivity contribution in [2.24, 2.45) is 5.73 Å². The minimum absolute atomic E-state index is 0.179. The molecule has 1 heterocycles. The predicted molar refractivity (Wildman–Crippen MR) is 75.8 cm³/mol. The van der Waals surface area contributed by atoms with E-state index < -0.39 is 12.1 Å². The highest BCUT2D eigenvalue weighted by atomic mass is 19.1. The van der Waals surface area contributed by atoms with Crippen LogP contribution >= 0.6 is 0 Å². The second-order valence-electron chi connectivity index (χ2n) is 5.04. The Bertz CT molecular complexity index is 654. The van der Waals surface area contributed by atoms with Crippen molar-refractivity contribution in [2.75, 3.05) is 4.90 Å². The average Bonchev–Trinajstić information content (AvgIpc) is 2.46. The molecule has 0 aromatic heterocycles. The Hall–Kier alpha value is -2.20. The van der Waals surface area contributed by atoms with E-state index in [0.717, 1.165) is 11.3 Å². The molecule has 1 aliphatic rings. The molecule has 0 spiro atoms. The summed E-state index contributed by atoms with van der Waals surface area (Å²) < 4.78 is 13.9. The van der Waals surface area contributed by atoms with E-state index in [4.69, 9.17) is 5.73 Å². The van der Waals surface area contributed by atoms with E-state index in [1.54, 1.807) is 23.1 Å². The fourth-order valence-electron chi connectivity index (χ4n) is 2.55. The molecule has 1 amide bonds. The number of nitrogens with zero attached hydrogens (tertiary/aromatic N) is 1. The molecule has 2 aromatic carbocycles. The third-order valence-electron chi connectivity index (χ3n) is 3.68. The number of β-lactam (4-membered cyclic amide) rings is 1. The summed E-state index contributed by atoms with van der Waals surface area (Å²) in [6, 6.07) is 12.9. The number of carbonyl (C=O) groups excluding carboxylic acids is 1. The van der Waals surface area contributed by atoms with Gasteiger partial charge in [-0.3, -0.25) is 4.79 Å². The summed E-state index contributed by atoms with van der Waals surface area (Å²) in [6.45, 7) is 1.97. The van der Waals surface area contributed by atoms with E-state index in [0.29, 0.717) is 5.56 Å². The van der Waals surface area contributed by atoms with Gasteiger partial charge in [0, 0.05) is 11.3 Å². The Labute approximate surface area is 116 Å². The minimum atomic E-state index is -0.687. The third-order valence-corrected chi connectivity index (χ3v) is 3.68. The normalized spacial score (nSPS) is 21.8. The Morgan fingerprint density at radius 3 is 2.40 bits per heavy atom. The standard InChI is InChI=1S/C16H15FN2O/c1-10-6-8-11(9-7-10)19-15(14(18)16(19)20)12-4-2-3-5-13(12)17/h2-9,14-15H,18H2,1H3/t14-,15+/m0/s1. The number of anilines is 1. The van der Waals surface area contributed by atoms with Gasteiger partial charge in [-0.1, -0.05) is 35.9 Å². The smallest absolute Gasteiger partial charge is 0.247 e. The van der Waals surface area contributed by atoms with Gasteiger partial charge in [0.25, 0.3) is 0 Å². The molecule has 2 aromatic rings. The lowest BCUT2D eigenvalue weighted by atomic mass is 9.88. The number of halogens is 1. The third kappa shape index (κ3) is 1.89. The van der Waals surface area contributed by atoms with Crippen LogP contribution in [-0.4, -0.2) is 11.9 Å². The Kier molecular flexibility index (Phi) is 3.03. The second kappa shape index (κ2) is 4.72. The number of aryl methyl sites for hydroxylation is 1. The molecule has 3 rings (SSSR count). The van der Waals surface area contributed by atoms with Crippen LogP contribution in [-0.2, 0) is 4.79 Å². The number of carbonyl (C=O) groups is 1. The molecule has 1 fully saturated rings. The van der Waals surface area contributed by atoms with Gasteiger partial charge in [-0.25, -0.2) is 4.39 Å². The zero-order valence-electron chi connectivity index (χ0n) is 11.1. The van der Waals surface area contributed by atoms with E-state index in [9.17, 15) is 9.18 Å². The first-order chi connectivity index (χ1) is 9.59. The van der Waals surface area contributed by atoms with Crippen LogP contribution in [0, 0.1) is 12.7 Å². The van der Waals surface area contributed by atoms with Gasteiger partial charge in [0.15, 0.2) is 0 Å². The van der Waals surface area contributed by atoms with Gasteiger partial charge in [0.1, 0.15) is 11.9 Å². The molecular weight excluding hydrogens is 255 g/mol. The number of rotatable bonds is 2. The summed E-state index contributed by atoms with van der Waals surface area (Å²) in [5.41, 5.74) is 8.18. The predicted octanol–water partition coefficient (Wildman–Crippen LogP) is 2.55. The van der Waals surface area contributed by atoms with Crippen molar-refractivity contribution in [2.45, 2.75) is 19.0 Å². The average molecular weight is 270 g/mol. The highest BCUT2D eigenvalue weighted by Crippen LogP contribution is 2.38. The van der Waals surface area contributed by atoms with Gasteiger partial charge in [-0.05, 0) is 25.1 Å². The molecule has 2 N–H and O–H groups in total. The van der Waals surface area contributed by atoms with Crippen molar-refractivity contribution in [1.29, 1.82) is 0 Å². The quantitative estimate of drug-likeness (QED) is 0.852. The van der Waals surface area contributed by atoms with E-state index in [1.165, 1.54) is 6.07 Å². The van der Waals surface area contributed by atoms with Crippen molar-refractivity contribution < 1.29 is 9.18 Å². The maximum absolute atomic E-state index is 13.9. The zero-order valence-corrected chi connectivity index (χ0v) is 11.1. The molecular formula is C16H15FN2O. The van der Waals surface area contributed by atoms with E-state index >= 15 is 0 Å². The van der Waals surface area contributed by atoms with Crippen molar-refractivity contribution in [3.05, 3.63) is 65.5 Å². The van der Waals surface area contributed by atoms with Gasteiger partial charge in [-0.15, -0.1) is 0 Å². The number of benzene rings is 2. The van der Waals surface area contributed by atoms with Crippen LogP contribution in [0.2, 0.25) is 0 Å². The van der Waals surface area contributed by atoms with Crippen LogP contribution in [0.15, 0.2) is 48.5 Å². The van der Waals surface area contributed by atoms with Crippen LogP contribution < -0.4 is 10.6 Å². The highest BCUT2D eigenvalue weighted by molar-refractivity contribution is 6.05. The molecule has 0 saturated carbocycles. The van der Waals surface area contributed by atoms with Crippen LogP contribution in [0.1, 0.15) is 17.2 Å². The fraction of sp³-hybridized carbons (Fsp3) is 0.188. The SMILES string of the molecule is Cc1ccc(N2C(=O)[C@@H](N)[C@H]2c2ccccc2F)cc1. The van der Waals surface area contributed by atoms with Gasteiger partial charge in [0.2, 0.25) is 5.91 Å². The largest absolute Gasteiger partial charge is 0.318 e. The van der Waals surface area contributed by atoms with Crippen molar-refractivity contribution >= 4 is 11.6 Å². The summed E-state index contributed by atoms with van der Waals surface area (Å²) in [5, 5.41) is 0. The summed E-state index contributed by atoms with van der Waals surface area (Å²) in [7, 11) is 0. The van der Waals surface area contributed by atoms with Crippen LogP contribution in [0.5, 0.6) is 0 Å². The number of amides is 1. The fourth-order valence-corrected chi connectivity index (χ4v) is 2.55. The lowest BCUT2D eigenvalue weighted by molar-refractivity contribution is -0.126. The number of hydrogen-bond donors (Lipinski definition) is 1. The molecule has 102 valence electrons. The second-order valence-corrected chi connectivity index (χ2v) is 5.04. The molecule has 0 unspecified atom stereocenters. The maximum Gasteiger partial charge on any atom is 0.247 e. The molecule has 0 radical (unpaired) electrons. The summed E-state index contributed by atoms with van der Waals surface area (Å²) in [5.74, 6) is -0.514. The van der Waals surface area contributed by atoms with Gasteiger partial charge < -0.3 is 10.6 Å². The van der Waals surface area contributed by atoms with Gasteiger partial charge in [0.05, 0.1) is 6.04 Å². The summed E-state index contributed by atoms with van der Waals surface area (Å²) in [6.07, 6.45) is 0.